The van der Waals surface area contributed by atoms with Crippen LogP contribution in [0.4, 0.5) is 5.69 Å². The van der Waals surface area contributed by atoms with Crippen LogP contribution in [0, 0.1) is 6.92 Å². The van der Waals surface area contributed by atoms with E-state index in [2.05, 4.69) is 20.5 Å². The van der Waals surface area contributed by atoms with E-state index >= 15 is 0 Å². The first-order valence-electron chi connectivity index (χ1n) is 5.59. The number of halogens is 1. The lowest BCUT2D eigenvalue weighted by Gasteiger charge is -2.07. The molecule has 5 nitrogen and oxygen atoms in total. The van der Waals surface area contributed by atoms with Gasteiger partial charge in [0.25, 0.3) is 5.91 Å². The van der Waals surface area contributed by atoms with Gasteiger partial charge in [-0.1, -0.05) is 24.6 Å². The average Bonchev–Trinajstić information content (AvgIpc) is 2.83. The van der Waals surface area contributed by atoms with Gasteiger partial charge in [0, 0.05) is 17.1 Å². The van der Waals surface area contributed by atoms with E-state index in [1.54, 1.807) is 18.2 Å². The van der Waals surface area contributed by atoms with E-state index in [4.69, 9.17) is 11.6 Å². The number of anilines is 1. The summed E-state index contributed by atoms with van der Waals surface area (Å²) < 4.78 is 0. The predicted octanol–water partition coefficient (Wildman–Crippen LogP) is 2.58. The molecule has 94 valence electrons. The van der Waals surface area contributed by atoms with Gasteiger partial charge in [0.15, 0.2) is 0 Å². The molecular formula is C12H13ClN4O. The van der Waals surface area contributed by atoms with Crippen molar-refractivity contribution in [2.24, 2.45) is 0 Å². The Hall–Kier alpha value is -1.88. The first-order valence-corrected chi connectivity index (χ1v) is 5.97. The fraction of sp³-hybridized carbons (Fsp3) is 0.250. The van der Waals surface area contributed by atoms with Crippen molar-refractivity contribution < 1.29 is 4.79 Å². The molecule has 0 aliphatic rings. The molecule has 2 N–H and O–H groups in total. The lowest BCUT2D eigenvalue weighted by atomic mass is 10.2. The van der Waals surface area contributed by atoms with Gasteiger partial charge in [0.1, 0.15) is 5.82 Å². The van der Waals surface area contributed by atoms with Crippen LogP contribution in [0.1, 0.15) is 28.9 Å². The molecular weight excluding hydrogens is 252 g/mol. The minimum Gasteiger partial charge on any atom is -0.319 e. The zero-order chi connectivity index (χ0) is 13.1. The maximum absolute atomic E-state index is 11.9. The molecule has 1 amide bonds. The minimum atomic E-state index is -0.351. The molecule has 2 aromatic rings. The number of aromatic amines is 1. The highest BCUT2D eigenvalue weighted by atomic mass is 35.5. The number of hydrogen-bond acceptors (Lipinski definition) is 3. The van der Waals surface area contributed by atoms with Crippen molar-refractivity contribution in [3.05, 3.63) is 40.4 Å². The minimum absolute atomic E-state index is 0.131. The molecule has 18 heavy (non-hydrogen) atoms. The fourth-order valence-electron chi connectivity index (χ4n) is 1.48. The van der Waals surface area contributed by atoms with E-state index in [0.717, 1.165) is 5.56 Å². The molecule has 6 heteroatoms. The summed E-state index contributed by atoms with van der Waals surface area (Å²) in [5.41, 5.74) is 1.48. The number of nitrogens with one attached hydrogen (secondary N) is 2. The molecule has 0 unspecified atom stereocenters. The third kappa shape index (κ3) is 2.51. The van der Waals surface area contributed by atoms with Crippen molar-refractivity contribution in [2.45, 2.75) is 20.3 Å². The molecule has 0 aliphatic carbocycles. The molecule has 1 heterocycles. The number of rotatable bonds is 3. The Labute approximate surface area is 110 Å². The van der Waals surface area contributed by atoms with Gasteiger partial charge in [0.05, 0.1) is 0 Å². The van der Waals surface area contributed by atoms with Crippen molar-refractivity contribution in [3.8, 4) is 0 Å². The van der Waals surface area contributed by atoms with Crippen molar-refractivity contribution >= 4 is 23.2 Å². The van der Waals surface area contributed by atoms with Gasteiger partial charge < -0.3 is 5.32 Å². The van der Waals surface area contributed by atoms with E-state index in [-0.39, 0.29) is 11.7 Å². The van der Waals surface area contributed by atoms with Gasteiger partial charge >= 0.3 is 0 Å². The Bertz CT molecular complexity index is 579. The first kappa shape index (κ1) is 12.6. The second-order valence-corrected chi connectivity index (χ2v) is 4.23. The molecule has 0 fully saturated rings. The Morgan fingerprint density at radius 3 is 2.94 bits per heavy atom. The molecule has 0 saturated carbocycles. The number of benzene rings is 1. The summed E-state index contributed by atoms with van der Waals surface area (Å²) in [5.74, 6) is 0.463. The van der Waals surface area contributed by atoms with Crippen molar-refractivity contribution in [1.29, 1.82) is 0 Å². The number of carbonyl (C=O) groups is 1. The van der Waals surface area contributed by atoms with Crippen molar-refractivity contribution in [2.75, 3.05) is 5.32 Å². The highest BCUT2D eigenvalue weighted by molar-refractivity contribution is 6.31. The van der Waals surface area contributed by atoms with Crippen LogP contribution < -0.4 is 5.32 Å². The highest BCUT2D eigenvalue weighted by Crippen LogP contribution is 2.23. The third-order valence-corrected chi connectivity index (χ3v) is 3.00. The zero-order valence-electron chi connectivity index (χ0n) is 10.1. The van der Waals surface area contributed by atoms with Gasteiger partial charge in [0.2, 0.25) is 5.82 Å². The van der Waals surface area contributed by atoms with E-state index in [9.17, 15) is 4.79 Å². The highest BCUT2D eigenvalue weighted by Gasteiger charge is 2.13. The second kappa shape index (κ2) is 5.18. The summed E-state index contributed by atoms with van der Waals surface area (Å²) in [6.07, 6.45) is 0.705. The van der Waals surface area contributed by atoms with Crippen LogP contribution in [-0.4, -0.2) is 21.1 Å². The van der Waals surface area contributed by atoms with E-state index in [0.29, 0.717) is 23.0 Å². The maximum Gasteiger partial charge on any atom is 0.295 e. The lowest BCUT2D eigenvalue weighted by molar-refractivity contribution is 0.101. The molecule has 2 rings (SSSR count). The van der Waals surface area contributed by atoms with Gasteiger partial charge in [-0.3, -0.25) is 9.89 Å². The van der Waals surface area contributed by atoms with Gasteiger partial charge in [-0.15, -0.1) is 5.10 Å². The van der Waals surface area contributed by atoms with E-state index < -0.39 is 0 Å². The number of aryl methyl sites for hydroxylation is 1. The molecule has 0 aliphatic heterocycles. The summed E-state index contributed by atoms with van der Waals surface area (Å²) in [7, 11) is 0. The smallest absolute Gasteiger partial charge is 0.295 e. The van der Waals surface area contributed by atoms with Crippen LogP contribution in [0.3, 0.4) is 0 Å². The molecule has 0 spiro atoms. The number of aromatic nitrogens is 3. The zero-order valence-corrected chi connectivity index (χ0v) is 10.9. The Kier molecular flexibility index (Phi) is 3.62. The lowest BCUT2D eigenvalue weighted by Crippen LogP contribution is -2.14. The van der Waals surface area contributed by atoms with Crippen LogP contribution in [0.5, 0.6) is 0 Å². The predicted molar refractivity (Wildman–Crippen MR) is 69.9 cm³/mol. The number of hydrogen-bond donors (Lipinski definition) is 2. The number of nitrogens with zero attached hydrogens (tertiary/aromatic N) is 2. The van der Waals surface area contributed by atoms with Crippen LogP contribution in [0.25, 0.3) is 0 Å². The van der Waals surface area contributed by atoms with Gasteiger partial charge in [-0.05, 0) is 24.6 Å². The van der Waals surface area contributed by atoms with E-state index in [1.807, 2.05) is 13.8 Å². The van der Waals surface area contributed by atoms with Crippen LogP contribution in [-0.2, 0) is 6.42 Å². The monoisotopic (exact) mass is 264 g/mol. The Morgan fingerprint density at radius 1 is 1.50 bits per heavy atom. The third-order valence-electron chi connectivity index (χ3n) is 2.59. The van der Waals surface area contributed by atoms with Gasteiger partial charge in [-0.2, -0.15) is 0 Å². The quantitative estimate of drug-likeness (QED) is 0.895. The number of H-pyrrole nitrogens is 1. The van der Waals surface area contributed by atoms with Crippen molar-refractivity contribution in [3.63, 3.8) is 0 Å². The van der Waals surface area contributed by atoms with Crippen molar-refractivity contribution in [1.82, 2.24) is 15.2 Å². The second-order valence-electron chi connectivity index (χ2n) is 3.83. The molecule has 0 saturated heterocycles. The molecule has 1 aromatic heterocycles. The fourth-order valence-corrected chi connectivity index (χ4v) is 1.65. The van der Waals surface area contributed by atoms with E-state index in [1.165, 1.54) is 0 Å². The topological polar surface area (TPSA) is 70.7 Å². The molecule has 1 aromatic carbocycles. The Balaban J connectivity index is 2.18. The number of carbonyl (C=O) groups excluding carboxylic acids is 1. The summed E-state index contributed by atoms with van der Waals surface area (Å²) in [6, 6.07) is 5.33. The van der Waals surface area contributed by atoms with Gasteiger partial charge in [-0.25, -0.2) is 4.98 Å². The Morgan fingerprint density at radius 2 is 2.28 bits per heavy atom. The first-order chi connectivity index (χ1) is 8.61. The largest absolute Gasteiger partial charge is 0.319 e. The standard InChI is InChI=1S/C12H13ClN4O/c1-3-10-15-11(17-16-10)12(18)14-9-6-4-5-8(13)7(9)2/h4-6H,3H2,1-2H3,(H,14,18)(H,15,16,17). The summed E-state index contributed by atoms with van der Waals surface area (Å²) in [6.45, 7) is 3.77. The number of amides is 1. The average molecular weight is 265 g/mol. The molecule has 0 atom stereocenters. The SMILES string of the molecule is CCc1nc(C(=O)Nc2cccc(Cl)c2C)n[nH]1. The normalized spacial score (nSPS) is 10.4. The van der Waals surface area contributed by atoms with Crippen LogP contribution in [0.15, 0.2) is 18.2 Å². The summed E-state index contributed by atoms with van der Waals surface area (Å²) >= 11 is 5.98. The van der Waals surface area contributed by atoms with Crippen LogP contribution >= 0.6 is 11.6 Å². The molecule has 0 bridgehead atoms. The molecule has 0 radical (unpaired) electrons. The summed E-state index contributed by atoms with van der Waals surface area (Å²) in [5, 5.41) is 9.90. The summed E-state index contributed by atoms with van der Waals surface area (Å²) in [4.78, 5) is 16.0. The van der Waals surface area contributed by atoms with Crippen LogP contribution in [0.2, 0.25) is 5.02 Å². The maximum atomic E-state index is 11.9.